The summed E-state index contributed by atoms with van der Waals surface area (Å²) in [5.74, 6) is 0. The molecule has 1 unspecified atom stereocenters. The average molecular weight is 161 g/mol. The molecule has 0 N–H and O–H groups in total. The molecule has 3 nitrogen and oxygen atoms in total. The van der Waals surface area contributed by atoms with Crippen LogP contribution in [0.5, 0.6) is 0 Å². The second-order valence-electron chi connectivity index (χ2n) is 2.48. The van der Waals surface area contributed by atoms with E-state index in [1.807, 2.05) is 0 Å². The van der Waals surface area contributed by atoms with Crippen LogP contribution in [0.3, 0.4) is 0 Å². The predicted octanol–water partition coefficient (Wildman–Crippen LogP) is 2.28. The van der Waals surface area contributed by atoms with Crippen molar-refractivity contribution in [3.63, 3.8) is 0 Å². The summed E-state index contributed by atoms with van der Waals surface area (Å²) in [6.07, 6.45) is 2.21. The van der Waals surface area contributed by atoms with Crippen molar-refractivity contribution in [2.24, 2.45) is 0 Å². The minimum atomic E-state index is -0.0409. The van der Waals surface area contributed by atoms with Crippen molar-refractivity contribution in [2.75, 3.05) is 13.1 Å². The molecule has 12 heavy (non-hydrogen) atoms. The van der Waals surface area contributed by atoms with Crippen molar-refractivity contribution in [3.05, 3.63) is 34.3 Å². The van der Waals surface area contributed by atoms with Gasteiger partial charge in [-0.05, 0) is 0 Å². The molecule has 0 aromatic heterocycles. The molecular formula is C9H11N3. The average Bonchev–Trinajstić information content (AvgIpc) is 2.11. The van der Waals surface area contributed by atoms with Crippen LogP contribution in [0.1, 0.15) is 19.3 Å². The quantitative estimate of drug-likeness (QED) is 0.433. The molecule has 3 heteroatoms. The van der Waals surface area contributed by atoms with Crippen molar-refractivity contribution < 1.29 is 0 Å². The molecule has 0 saturated heterocycles. The third-order valence-electron chi connectivity index (χ3n) is 1.56. The van der Waals surface area contributed by atoms with Gasteiger partial charge in [-0.1, -0.05) is 0 Å². The van der Waals surface area contributed by atoms with Gasteiger partial charge in [0, 0.05) is 12.8 Å². The van der Waals surface area contributed by atoms with E-state index in [0.29, 0.717) is 19.5 Å². The second-order valence-corrected chi connectivity index (χ2v) is 2.48. The fourth-order valence-electron chi connectivity index (χ4n) is 0.893. The summed E-state index contributed by atoms with van der Waals surface area (Å²) in [7, 11) is 0. The Morgan fingerprint density at radius 2 is 1.58 bits per heavy atom. The Morgan fingerprint density at radius 1 is 0.917 bits per heavy atom. The van der Waals surface area contributed by atoms with Gasteiger partial charge in [-0.15, -0.1) is 0 Å². The van der Waals surface area contributed by atoms with E-state index in [-0.39, 0.29) is 6.04 Å². The van der Waals surface area contributed by atoms with Crippen LogP contribution in [0.25, 0.3) is 14.5 Å². The van der Waals surface area contributed by atoms with E-state index in [0.717, 1.165) is 12.8 Å². The molecule has 0 heterocycles. The molecule has 0 aliphatic heterocycles. The third kappa shape index (κ3) is 5.27. The van der Waals surface area contributed by atoms with Crippen molar-refractivity contribution >= 4 is 0 Å². The maximum absolute atomic E-state index is 6.82. The first-order valence-corrected chi connectivity index (χ1v) is 3.88. The third-order valence-corrected chi connectivity index (χ3v) is 1.56. The van der Waals surface area contributed by atoms with Gasteiger partial charge in [0.15, 0.2) is 0 Å². The van der Waals surface area contributed by atoms with E-state index < -0.39 is 0 Å². The largest absolute Gasteiger partial charge is 0.317 e. The smallest absolute Gasteiger partial charge is 0.231 e. The zero-order valence-corrected chi connectivity index (χ0v) is 6.95. The minimum absolute atomic E-state index is 0.0409. The fourth-order valence-corrected chi connectivity index (χ4v) is 0.893. The molecule has 0 aliphatic carbocycles. The standard InChI is InChI=1S/C9H11N3/c1-10-7-4-5-9(12-3)6-8-11-2/h9H,4-8H2. The highest BCUT2D eigenvalue weighted by molar-refractivity contribution is 4.82. The summed E-state index contributed by atoms with van der Waals surface area (Å²) in [5.41, 5.74) is 0. The van der Waals surface area contributed by atoms with Crippen LogP contribution in [0, 0.1) is 19.7 Å². The Balaban J connectivity index is 3.51. The second kappa shape index (κ2) is 7.58. The molecule has 0 fully saturated rings. The Labute approximate surface area is 73.5 Å². The first-order valence-electron chi connectivity index (χ1n) is 3.88. The van der Waals surface area contributed by atoms with E-state index in [4.69, 9.17) is 19.7 Å². The first-order chi connectivity index (χ1) is 5.85. The minimum Gasteiger partial charge on any atom is -0.317 e. The summed E-state index contributed by atoms with van der Waals surface area (Å²) in [6.45, 7) is 20.9. The summed E-state index contributed by atoms with van der Waals surface area (Å²) in [4.78, 5) is 9.81. The molecule has 0 saturated carbocycles. The van der Waals surface area contributed by atoms with Crippen LogP contribution in [0.2, 0.25) is 0 Å². The van der Waals surface area contributed by atoms with E-state index >= 15 is 0 Å². The van der Waals surface area contributed by atoms with Gasteiger partial charge in [0.05, 0.1) is 6.42 Å². The van der Waals surface area contributed by atoms with Gasteiger partial charge in [-0.2, -0.15) is 0 Å². The molecular weight excluding hydrogens is 150 g/mol. The van der Waals surface area contributed by atoms with Gasteiger partial charge in [0.1, 0.15) is 0 Å². The first kappa shape index (κ1) is 10.5. The summed E-state index contributed by atoms with van der Waals surface area (Å²) < 4.78 is 0. The van der Waals surface area contributed by atoms with Crippen LogP contribution in [-0.4, -0.2) is 19.1 Å². The molecule has 0 aromatic carbocycles. The van der Waals surface area contributed by atoms with Gasteiger partial charge < -0.3 is 14.5 Å². The molecule has 0 radical (unpaired) electrons. The zero-order valence-electron chi connectivity index (χ0n) is 6.95. The Hall–Kier alpha value is -1.53. The highest BCUT2D eigenvalue weighted by Gasteiger charge is 2.13. The van der Waals surface area contributed by atoms with Gasteiger partial charge in [-0.3, -0.25) is 0 Å². The molecule has 0 spiro atoms. The molecule has 0 rings (SSSR count). The maximum atomic E-state index is 6.82. The maximum Gasteiger partial charge on any atom is 0.231 e. The highest BCUT2D eigenvalue weighted by atomic mass is 14.7. The van der Waals surface area contributed by atoms with Crippen molar-refractivity contribution in [1.29, 1.82) is 0 Å². The Bertz CT molecular complexity index is 226. The van der Waals surface area contributed by atoms with Gasteiger partial charge in [0.25, 0.3) is 0 Å². The molecule has 0 bridgehead atoms. The number of hydrogen-bond donors (Lipinski definition) is 0. The predicted molar refractivity (Wildman–Crippen MR) is 47.2 cm³/mol. The molecule has 0 amide bonds. The zero-order chi connectivity index (χ0) is 9.23. The number of nitrogens with zero attached hydrogens (tertiary/aromatic N) is 3. The Kier molecular flexibility index (Phi) is 6.61. The lowest BCUT2D eigenvalue weighted by Gasteiger charge is -1.97. The van der Waals surface area contributed by atoms with E-state index in [1.165, 1.54) is 0 Å². The van der Waals surface area contributed by atoms with E-state index in [1.54, 1.807) is 0 Å². The number of hydrogen-bond acceptors (Lipinski definition) is 0. The molecule has 1 atom stereocenters. The van der Waals surface area contributed by atoms with Gasteiger partial charge >= 0.3 is 0 Å². The van der Waals surface area contributed by atoms with Gasteiger partial charge in [0.2, 0.25) is 19.1 Å². The lowest BCUT2D eigenvalue weighted by atomic mass is 10.1. The van der Waals surface area contributed by atoms with Crippen molar-refractivity contribution in [3.8, 4) is 0 Å². The normalized spacial score (nSPS) is 10.8. The van der Waals surface area contributed by atoms with Crippen molar-refractivity contribution in [1.82, 2.24) is 0 Å². The highest BCUT2D eigenvalue weighted by Crippen LogP contribution is 2.06. The number of rotatable bonds is 5. The van der Waals surface area contributed by atoms with Crippen LogP contribution in [0.4, 0.5) is 0 Å². The van der Waals surface area contributed by atoms with E-state index in [9.17, 15) is 0 Å². The molecule has 62 valence electrons. The lowest BCUT2D eigenvalue weighted by Crippen LogP contribution is -2.03. The van der Waals surface area contributed by atoms with Crippen LogP contribution >= 0.6 is 0 Å². The van der Waals surface area contributed by atoms with Crippen LogP contribution in [0.15, 0.2) is 0 Å². The van der Waals surface area contributed by atoms with Gasteiger partial charge in [-0.25, -0.2) is 19.7 Å². The monoisotopic (exact) mass is 161 g/mol. The topological polar surface area (TPSA) is 13.1 Å². The lowest BCUT2D eigenvalue weighted by molar-refractivity contribution is 0.642. The SMILES string of the molecule is [C-]#[N+]CCCC(CC[N+]#[C-])[N+]#[C-]. The van der Waals surface area contributed by atoms with Crippen LogP contribution in [-0.2, 0) is 0 Å². The summed E-state index contributed by atoms with van der Waals surface area (Å²) >= 11 is 0. The fraction of sp³-hybridized carbons (Fsp3) is 0.667. The summed E-state index contributed by atoms with van der Waals surface area (Å²) in [6, 6.07) is -0.0409. The summed E-state index contributed by atoms with van der Waals surface area (Å²) in [5, 5.41) is 0. The molecule has 0 aliphatic rings. The van der Waals surface area contributed by atoms with E-state index in [2.05, 4.69) is 14.5 Å². The molecule has 0 aromatic rings. The van der Waals surface area contributed by atoms with Crippen LogP contribution < -0.4 is 0 Å². The Morgan fingerprint density at radius 3 is 2.08 bits per heavy atom. The van der Waals surface area contributed by atoms with Crippen molar-refractivity contribution in [2.45, 2.75) is 25.3 Å².